The van der Waals surface area contributed by atoms with Gasteiger partial charge in [0.2, 0.25) is 5.91 Å². The fourth-order valence-electron chi connectivity index (χ4n) is 1.57. The number of nitrogens with two attached hydrogens (primary N) is 2. The van der Waals surface area contributed by atoms with Crippen molar-refractivity contribution < 1.29 is 4.79 Å². The molecule has 0 unspecified atom stereocenters. The van der Waals surface area contributed by atoms with Crippen molar-refractivity contribution in [1.29, 1.82) is 0 Å². The Labute approximate surface area is 93.7 Å². The Balaban J connectivity index is 2.48. The predicted octanol–water partition coefficient (Wildman–Crippen LogP) is 2.03. The molecule has 16 heavy (non-hydrogen) atoms. The minimum atomic E-state index is -0.425. The van der Waals surface area contributed by atoms with Crippen molar-refractivity contribution in [3.63, 3.8) is 0 Å². The van der Waals surface area contributed by atoms with Crippen molar-refractivity contribution >= 4 is 11.6 Å². The number of carbonyl (C=O) groups is 1. The maximum absolute atomic E-state index is 11.0. The summed E-state index contributed by atoms with van der Waals surface area (Å²) in [6.45, 7) is 0. The van der Waals surface area contributed by atoms with Crippen molar-refractivity contribution in [2.45, 2.75) is 0 Å². The van der Waals surface area contributed by atoms with Gasteiger partial charge in [-0.2, -0.15) is 0 Å². The molecule has 0 radical (unpaired) electrons. The van der Waals surface area contributed by atoms with Crippen molar-refractivity contribution in [1.82, 2.24) is 0 Å². The SMILES string of the molecule is NC(=O)c1cccc(-c2cccc(N)c2)c1. The fourth-order valence-corrected chi connectivity index (χ4v) is 1.57. The second-order valence-corrected chi connectivity index (χ2v) is 3.57. The van der Waals surface area contributed by atoms with E-state index in [1.54, 1.807) is 18.2 Å². The highest BCUT2D eigenvalue weighted by Crippen LogP contribution is 2.22. The van der Waals surface area contributed by atoms with E-state index in [0.29, 0.717) is 11.3 Å². The third-order valence-corrected chi connectivity index (χ3v) is 2.37. The molecule has 2 aromatic rings. The second-order valence-electron chi connectivity index (χ2n) is 3.57. The highest BCUT2D eigenvalue weighted by molar-refractivity contribution is 5.94. The number of amides is 1. The Kier molecular flexibility index (Phi) is 2.60. The Morgan fingerprint density at radius 1 is 0.938 bits per heavy atom. The molecular formula is C13H12N2O. The van der Waals surface area contributed by atoms with Crippen LogP contribution in [0.25, 0.3) is 11.1 Å². The molecule has 4 N–H and O–H groups in total. The van der Waals surface area contributed by atoms with Crippen LogP contribution in [-0.4, -0.2) is 5.91 Å². The smallest absolute Gasteiger partial charge is 0.248 e. The minimum Gasteiger partial charge on any atom is -0.399 e. The molecule has 0 saturated heterocycles. The van der Waals surface area contributed by atoms with Gasteiger partial charge in [0.15, 0.2) is 0 Å². The number of nitrogen functional groups attached to an aromatic ring is 1. The van der Waals surface area contributed by atoms with Gasteiger partial charge < -0.3 is 11.5 Å². The monoisotopic (exact) mass is 212 g/mol. The van der Waals surface area contributed by atoms with E-state index in [-0.39, 0.29) is 0 Å². The highest BCUT2D eigenvalue weighted by Gasteiger charge is 2.03. The van der Waals surface area contributed by atoms with Crippen molar-refractivity contribution in [2.75, 3.05) is 5.73 Å². The highest BCUT2D eigenvalue weighted by atomic mass is 16.1. The van der Waals surface area contributed by atoms with Gasteiger partial charge in [-0.1, -0.05) is 24.3 Å². The Hall–Kier alpha value is -2.29. The molecule has 0 atom stereocenters. The molecule has 0 heterocycles. The van der Waals surface area contributed by atoms with E-state index in [2.05, 4.69) is 0 Å². The van der Waals surface area contributed by atoms with E-state index in [1.807, 2.05) is 30.3 Å². The molecule has 3 heteroatoms. The lowest BCUT2D eigenvalue weighted by Gasteiger charge is -2.04. The summed E-state index contributed by atoms with van der Waals surface area (Å²) in [5, 5.41) is 0. The summed E-state index contributed by atoms with van der Waals surface area (Å²) in [6.07, 6.45) is 0. The van der Waals surface area contributed by atoms with Crippen molar-refractivity contribution in [3.8, 4) is 11.1 Å². The Bertz CT molecular complexity index is 535. The summed E-state index contributed by atoms with van der Waals surface area (Å²) in [5.41, 5.74) is 14.0. The predicted molar refractivity (Wildman–Crippen MR) is 64.8 cm³/mol. The Morgan fingerprint density at radius 2 is 1.56 bits per heavy atom. The van der Waals surface area contributed by atoms with Gasteiger partial charge in [-0.15, -0.1) is 0 Å². The number of hydrogen-bond donors (Lipinski definition) is 2. The normalized spacial score (nSPS) is 10.0. The molecule has 0 aliphatic heterocycles. The molecule has 2 aromatic carbocycles. The van der Waals surface area contributed by atoms with Crippen LogP contribution in [0.4, 0.5) is 5.69 Å². The largest absolute Gasteiger partial charge is 0.399 e. The summed E-state index contributed by atoms with van der Waals surface area (Å²) in [4.78, 5) is 11.0. The van der Waals surface area contributed by atoms with Crippen LogP contribution in [0.15, 0.2) is 48.5 Å². The van der Waals surface area contributed by atoms with E-state index in [0.717, 1.165) is 11.1 Å². The molecule has 0 bridgehead atoms. The van der Waals surface area contributed by atoms with E-state index in [4.69, 9.17) is 11.5 Å². The molecule has 0 spiro atoms. The van der Waals surface area contributed by atoms with Crippen molar-refractivity contribution in [2.24, 2.45) is 5.73 Å². The zero-order valence-electron chi connectivity index (χ0n) is 8.68. The Morgan fingerprint density at radius 3 is 2.19 bits per heavy atom. The maximum atomic E-state index is 11.0. The molecule has 0 aliphatic carbocycles. The van der Waals surface area contributed by atoms with Gasteiger partial charge in [0.25, 0.3) is 0 Å². The molecule has 1 amide bonds. The fraction of sp³-hybridized carbons (Fsp3) is 0. The second kappa shape index (κ2) is 4.06. The van der Waals surface area contributed by atoms with Crippen LogP contribution < -0.4 is 11.5 Å². The molecular weight excluding hydrogens is 200 g/mol. The quantitative estimate of drug-likeness (QED) is 0.748. The minimum absolute atomic E-state index is 0.425. The van der Waals surface area contributed by atoms with Crippen LogP contribution in [0.2, 0.25) is 0 Å². The van der Waals surface area contributed by atoms with Gasteiger partial charge in [0, 0.05) is 11.3 Å². The lowest BCUT2D eigenvalue weighted by atomic mass is 10.0. The summed E-state index contributed by atoms with van der Waals surface area (Å²) in [7, 11) is 0. The first kappa shape index (κ1) is 10.2. The van der Waals surface area contributed by atoms with Crippen LogP contribution in [0.3, 0.4) is 0 Å². The number of benzene rings is 2. The summed E-state index contributed by atoms with van der Waals surface area (Å²) in [6, 6.07) is 14.7. The molecule has 3 nitrogen and oxygen atoms in total. The number of rotatable bonds is 2. The number of anilines is 1. The molecule has 2 rings (SSSR count). The summed E-state index contributed by atoms with van der Waals surface area (Å²) < 4.78 is 0. The zero-order chi connectivity index (χ0) is 11.5. The first-order chi connectivity index (χ1) is 7.66. The van der Waals surface area contributed by atoms with Gasteiger partial charge in [-0.3, -0.25) is 4.79 Å². The molecule has 80 valence electrons. The van der Waals surface area contributed by atoms with Crippen LogP contribution in [0, 0.1) is 0 Å². The van der Waals surface area contributed by atoms with Crippen molar-refractivity contribution in [3.05, 3.63) is 54.1 Å². The van der Waals surface area contributed by atoms with E-state index in [9.17, 15) is 4.79 Å². The number of hydrogen-bond acceptors (Lipinski definition) is 2. The standard InChI is InChI=1S/C13H12N2O/c14-12-6-2-4-10(8-12)9-3-1-5-11(7-9)13(15)16/h1-8H,14H2,(H2,15,16). The van der Waals surface area contributed by atoms with E-state index >= 15 is 0 Å². The summed E-state index contributed by atoms with van der Waals surface area (Å²) >= 11 is 0. The van der Waals surface area contributed by atoms with E-state index in [1.165, 1.54) is 0 Å². The van der Waals surface area contributed by atoms with Gasteiger partial charge in [0.05, 0.1) is 0 Å². The van der Waals surface area contributed by atoms with Gasteiger partial charge >= 0.3 is 0 Å². The van der Waals surface area contributed by atoms with Crippen LogP contribution in [-0.2, 0) is 0 Å². The first-order valence-corrected chi connectivity index (χ1v) is 4.92. The zero-order valence-corrected chi connectivity index (χ0v) is 8.68. The molecule has 0 saturated carbocycles. The number of carbonyl (C=O) groups excluding carboxylic acids is 1. The third kappa shape index (κ3) is 2.03. The molecule has 0 aromatic heterocycles. The first-order valence-electron chi connectivity index (χ1n) is 4.92. The lowest BCUT2D eigenvalue weighted by Crippen LogP contribution is -2.10. The van der Waals surface area contributed by atoms with Crippen LogP contribution >= 0.6 is 0 Å². The summed E-state index contributed by atoms with van der Waals surface area (Å²) in [5.74, 6) is -0.425. The third-order valence-electron chi connectivity index (χ3n) is 2.37. The van der Waals surface area contributed by atoms with Crippen LogP contribution in [0.5, 0.6) is 0 Å². The molecule has 0 aliphatic rings. The average molecular weight is 212 g/mol. The van der Waals surface area contributed by atoms with Gasteiger partial charge in [0.1, 0.15) is 0 Å². The molecule has 0 fully saturated rings. The lowest BCUT2D eigenvalue weighted by molar-refractivity contribution is 0.100. The van der Waals surface area contributed by atoms with Gasteiger partial charge in [-0.25, -0.2) is 0 Å². The average Bonchev–Trinajstić information content (AvgIpc) is 2.29. The van der Waals surface area contributed by atoms with Gasteiger partial charge in [-0.05, 0) is 35.4 Å². The maximum Gasteiger partial charge on any atom is 0.248 e. The topological polar surface area (TPSA) is 69.1 Å². The number of primary amides is 1. The van der Waals surface area contributed by atoms with Crippen LogP contribution in [0.1, 0.15) is 10.4 Å². The van der Waals surface area contributed by atoms with E-state index < -0.39 is 5.91 Å².